The summed E-state index contributed by atoms with van der Waals surface area (Å²) in [6.45, 7) is 0. The van der Waals surface area contributed by atoms with Gasteiger partial charge < -0.3 is 5.32 Å². The van der Waals surface area contributed by atoms with Gasteiger partial charge in [-0.25, -0.2) is 4.39 Å². The molecule has 0 aliphatic carbocycles. The van der Waals surface area contributed by atoms with Crippen molar-refractivity contribution in [2.45, 2.75) is 0 Å². The second-order valence-electron chi connectivity index (χ2n) is 3.20. The summed E-state index contributed by atoms with van der Waals surface area (Å²) in [5, 5.41) is 2.59. The van der Waals surface area contributed by atoms with Gasteiger partial charge in [-0.1, -0.05) is 6.07 Å². The van der Waals surface area contributed by atoms with E-state index >= 15 is 0 Å². The van der Waals surface area contributed by atoms with Crippen LogP contribution in [-0.4, -0.2) is 10.9 Å². The number of anilines is 1. The first kappa shape index (κ1) is 13.1. The maximum absolute atomic E-state index is 12.9. The van der Waals surface area contributed by atoms with E-state index in [1.807, 2.05) is 0 Å². The third-order valence-corrected chi connectivity index (χ3v) is 2.02. The summed E-state index contributed by atoms with van der Waals surface area (Å²) in [5.74, 6) is -0.666. The lowest BCUT2D eigenvalue weighted by Gasteiger charge is -2.04. The zero-order chi connectivity index (χ0) is 11.4. The van der Waals surface area contributed by atoms with E-state index in [-0.39, 0.29) is 24.1 Å². The molecule has 1 N–H and O–H groups in total. The number of amides is 1. The molecule has 0 bridgehead atoms. The van der Waals surface area contributed by atoms with Crippen LogP contribution in [0.2, 0.25) is 0 Å². The molecule has 0 aliphatic heterocycles. The van der Waals surface area contributed by atoms with Crippen LogP contribution in [0.25, 0.3) is 0 Å². The van der Waals surface area contributed by atoms with Crippen LogP contribution in [0.4, 0.5) is 10.1 Å². The van der Waals surface area contributed by atoms with Crippen molar-refractivity contribution >= 4 is 24.0 Å². The van der Waals surface area contributed by atoms with Gasteiger partial charge in [0.15, 0.2) is 0 Å². The van der Waals surface area contributed by atoms with E-state index in [4.69, 9.17) is 0 Å². The Morgan fingerprint density at radius 1 is 1.18 bits per heavy atom. The number of carbonyl (C=O) groups is 1. The fourth-order valence-electron chi connectivity index (χ4n) is 1.27. The average molecular weight is 253 g/mol. The van der Waals surface area contributed by atoms with E-state index in [9.17, 15) is 9.18 Å². The Balaban J connectivity index is 0.00000144. The van der Waals surface area contributed by atoms with E-state index in [2.05, 4.69) is 10.3 Å². The number of carbonyl (C=O) groups excluding carboxylic acids is 1. The molecule has 0 unspecified atom stereocenters. The maximum Gasteiger partial charge on any atom is 0.255 e. The molecule has 0 fully saturated rings. The molecule has 2 aromatic rings. The molecule has 1 amide bonds. The van der Waals surface area contributed by atoms with Crippen LogP contribution in [0.15, 0.2) is 48.8 Å². The highest BCUT2D eigenvalue weighted by atomic mass is 35.5. The molecule has 1 aromatic carbocycles. The predicted octanol–water partition coefficient (Wildman–Crippen LogP) is 2.89. The van der Waals surface area contributed by atoms with E-state index in [0.29, 0.717) is 11.3 Å². The van der Waals surface area contributed by atoms with Crippen molar-refractivity contribution in [3.8, 4) is 0 Å². The zero-order valence-corrected chi connectivity index (χ0v) is 9.58. The van der Waals surface area contributed by atoms with Crippen molar-refractivity contribution in [2.24, 2.45) is 0 Å². The number of pyridine rings is 1. The number of aromatic nitrogens is 1. The first-order chi connectivity index (χ1) is 7.75. The standard InChI is InChI=1S/C12H9FN2O.ClH/c13-10-2-1-3-11(8-10)15-12(16)9-4-6-14-7-5-9;/h1-8H,(H,15,16);1H. The summed E-state index contributed by atoms with van der Waals surface area (Å²) >= 11 is 0. The largest absolute Gasteiger partial charge is 0.322 e. The summed E-state index contributed by atoms with van der Waals surface area (Å²) < 4.78 is 12.9. The van der Waals surface area contributed by atoms with Crippen molar-refractivity contribution in [1.82, 2.24) is 4.98 Å². The Kier molecular flexibility index (Phi) is 4.60. The van der Waals surface area contributed by atoms with Gasteiger partial charge in [0.1, 0.15) is 5.82 Å². The third-order valence-electron chi connectivity index (χ3n) is 2.02. The second kappa shape index (κ2) is 5.96. The van der Waals surface area contributed by atoms with Gasteiger partial charge in [0.2, 0.25) is 0 Å². The molecule has 2 rings (SSSR count). The predicted molar refractivity (Wildman–Crippen MR) is 65.8 cm³/mol. The van der Waals surface area contributed by atoms with Crippen molar-refractivity contribution in [2.75, 3.05) is 5.32 Å². The summed E-state index contributed by atoms with van der Waals surface area (Å²) in [4.78, 5) is 15.5. The molecule has 5 heteroatoms. The Morgan fingerprint density at radius 3 is 2.53 bits per heavy atom. The maximum atomic E-state index is 12.9. The molecular formula is C12H10ClFN2O. The van der Waals surface area contributed by atoms with Gasteiger partial charge in [-0.3, -0.25) is 9.78 Å². The summed E-state index contributed by atoms with van der Waals surface area (Å²) in [6.07, 6.45) is 3.06. The van der Waals surface area contributed by atoms with Crippen molar-refractivity contribution in [3.05, 3.63) is 60.2 Å². The fourth-order valence-corrected chi connectivity index (χ4v) is 1.27. The number of nitrogens with one attached hydrogen (secondary N) is 1. The highest BCUT2D eigenvalue weighted by Gasteiger charge is 2.05. The van der Waals surface area contributed by atoms with Crippen LogP contribution < -0.4 is 5.32 Å². The summed E-state index contributed by atoms with van der Waals surface area (Å²) in [7, 11) is 0. The minimum Gasteiger partial charge on any atom is -0.322 e. The van der Waals surface area contributed by atoms with Gasteiger partial charge in [0.05, 0.1) is 0 Å². The minimum absolute atomic E-state index is 0. The van der Waals surface area contributed by atoms with Crippen LogP contribution in [-0.2, 0) is 0 Å². The molecule has 88 valence electrons. The van der Waals surface area contributed by atoms with Crippen LogP contribution in [0.3, 0.4) is 0 Å². The molecule has 0 radical (unpaired) electrons. The van der Waals surface area contributed by atoms with Crippen LogP contribution in [0, 0.1) is 5.82 Å². The Hall–Kier alpha value is -1.94. The highest BCUT2D eigenvalue weighted by molar-refractivity contribution is 6.04. The molecule has 3 nitrogen and oxygen atoms in total. The van der Waals surface area contributed by atoms with Gasteiger partial charge in [-0.05, 0) is 30.3 Å². The van der Waals surface area contributed by atoms with Gasteiger partial charge >= 0.3 is 0 Å². The monoisotopic (exact) mass is 252 g/mol. The van der Waals surface area contributed by atoms with E-state index in [0.717, 1.165) is 0 Å². The number of nitrogens with zero attached hydrogens (tertiary/aromatic N) is 1. The quantitative estimate of drug-likeness (QED) is 0.893. The van der Waals surface area contributed by atoms with Crippen molar-refractivity contribution in [1.29, 1.82) is 0 Å². The van der Waals surface area contributed by atoms with E-state index in [1.165, 1.54) is 30.6 Å². The van der Waals surface area contributed by atoms with Crippen LogP contribution in [0.1, 0.15) is 10.4 Å². The summed E-state index contributed by atoms with van der Waals surface area (Å²) in [5.41, 5.74) is 0.918. The lowest BCUT2D eigenvalue weighted by Crippen LogP contribution is -2.11. The van der Waals surface area contributed by atoms with Gasteiger partial charge in [0, 0.05) is 23.6 Å². The molecule has 0 saturated heterocycles. The molecule has 1 heterocycles. The number of benzene rings is 1. The average Bonchev–Trinajstić information content (AvgIpc) is 2.30. The lowest BCUT2D eigenvalue weighted by atomic mass is 10.2. The summed E-state index contributed by atoms with van der Waals surface area (Å²) in [6, 6.07) is 8.93. The molecule has 0 saturated carbocycles. The first-order valence-electron chi connectivity index (χ1n) is 4.72. The van der Waals surface area contributed by atoms with Gasteiger partial charge in [0.25, 0.3) is 5.91 Å². The van der Waals surface area contributed by atoms with E-state index in [1.54, 1.807) is 18.2 Å². The lowest BCUT2D eigenvalue weighted by molar-refractivity contribution is 0.102. The normalized spacial score (nSPS) is 9.24. The molecule has 17 heavy (non-hydrogen) atoms. The SMILES string of the molecule is Cl.O=C(Nc1cccc(F)c1)c1ccncc1. The van der Waals surface area contributed by atoms with Crippen molar-refractivity contribution < 1.29 is 9.18 Å². The Morgan fingerprint density at radius 2 is 1.88 bits per heavy atom. The van der Waals surface area contributed by atoms with Gasteiger partial charge in [-0.15, -0.1) is 12.4 Å². The molecule has 0 spiro atoms. The van der Waals surface area contributed by atoms with Crippen LogP contribution in [0.5, 0.6) is 0 Å². The molecular weight excluding hydrogens is 243 g/mol. The van der Waals surface area contributed by atoms with Gasteiger partial charge in [-0.2, -0.15) is 0 Å². The Labute approximate surface area is 104 Å². The zero-order valence-electron chi connectivity index (χ0n) is 8.76. The van der Waals surface area contributed by atoms with E-state index < -0.39 is 0 Å². The Bertz CT molecular complexity index is 505. The molecule has 1 aromatic heterocycles. The molecule has 0 aliphatic rings. The number of rotatable bonds is 2. The number of hydrogen-bond acceptors (Lipinski definition) is 2. The topological polar surface area (TPSA) is 42.0 Å². The number of hydrogen-bond donors (Lipinski definition) is 1. The third kappa shape index (κ3) is 3.53. The molecule has 0 atom stereocenters. The fraction of sp³-hybridized carbons (Fsp3) is 0. The first-order valence-corrected chi connectivity index (χ1v) is 4.72. The number of halogens is 2. The second-order valence-corrected chi connectivity index (χ2v) is 3.20. The highest BCUT2D eigenvalue weighted by Crippen LogP contribution is 2.10. The minimum atomic E-state index is -0.382. The van der Waals surface area contributed by atoms with Crippen LogP contribution >= 0.6 is 12.4 Å². The van der Waals surface area contributed by atoms with Crippen molar-refractivity contribution in [3.63, 3.8) is 0 Å². The smallest absolute Gasteiger partial charge is 0.255 e.